The van der Waals surface area contributed by atoms with Gasteiger partial charge in [-0.15, -0.1) is 0 Å². The Hall–Kier alpha value is -1.22. The SMILES string of the molecule is CC1(c2ccc(F)cc2)CC(=O)CCN1. The van der Waals surface area contributed by atoms with E-state index in [1.165, 1.54) is 12.1 Å². The highest BCUT2D eigenvalue weighted by atomic mass is 19.1. The molecule has 3 heteroatoms. The molecule has 2 nitrogen and oxygen atoms in total. The molecule has 0 aromatic heterocycles. The van der Waals surface area contributed by atoms with Gasteiger partial charge in [-0.25, -0.2) is 4.39 Å². The van der Waals surface area contributed by atoms with Crippen LogP contribution in [-0.4, -0.2) is 12.3 Å². The number of halogens is 1. The summed E-state index contributed by atoms with van der Waals surface area (Å²) in [7, 11) is 0. The number of hydrogen-bond donors (Lipinski definition) is 1. The largest absolute Gasteiger partial charge is 0.307 e. The predicted octanol–water partition coefficient (Wildman–Crippen LogP) is 1.99. The summed E-state index contributed by atoms with van der Waals surface area (Å²) in [5.41, 5.74) is 0.639. The lowest BCUT2D eigenvalue weighted by molar-refractivity contribution is -0.122. The van der Waals surface area contributed by atoms with E-state index in [0.29, 0.717) is 19.4 Å². The second kappa shape index (κ2) is 3.74. The highest BCUT2D eigenvalue weighted by Crippen LogP contribution is 2.28. The van der Waals surface area contributed by atoms with Crippen molar-refractivity contribution >= 4 is 5.78 Å². The average molecular weight is 207 g/mol. The first-order valence-electron chi connectivity index (χ1n) is 5.13. The summed E-state index contributed by atoms with van der Waals surface area (Å²) in [6.07, 6.45) is 1.08. The van der Waals surface area contributed by atoms with Gasteiger partial charge in [0, 0.05) is 24.9 Å². The minimum Gasteiger partial charge on any atom is -0.307 e. The third-order valence-electron chi connectivity index (χ3n) is 2.95. The Balaban J connectivity index is 2.28. The van der Waals surface area contributed by atoms with Crippen molar-refractivity contribution in [3.05, 3.63) is 35.6 Å². The Morgan fingerprint density at radius 1 is 1.33 bits per heavy atom. The van der Waals surface area contributed by atoms with E-state index >= 15 is 0 Å². The minimum atomic E-state index is -0.330. The van der Waals surface area contributed by atoms with E-state index in [0.717, 1.165) is 5.56 Å². The second-order valence-corrected chi connectivity index (χ2v) is 4.23. The molecule has 15 heavy (non-hydrogen) atoms. The first-order valence-corrected chi connectivity index (χ1v) is 5.13. The van der Waals surface area contributed by atoms with Gasteiger partial charge in [-0.3, -0.25) is 4.79 Å². The Kier molecular flexibility index (Phi) is 2.57. The Morgan fingerprint density at radius 2 is 2.00 bits per heavy atom. The van der Waals surface area contributed by atoms with Gasteiger partial charge in [0.05, 0.1) is 0 Å². The van der Waals surface area contributed by atoms with Crippen LogP contribution in [0.25, 0.3) is 0 Å². The maximum Gasteiger partial charge on any atom is 0.136 e. The van der Waals surface area contributed by atoms with E-state index in [2.05, 4.69) is 5.32 Å². The van der Waals surface area contributed by atoms with Crippen LogP contribution in [0.5, 0.6) is 0 Å². The molecular weight excluding hydrogens is 193 g/mol. The zero-order valence-electron chi connectivity index (χ0n) is 8.72. The van der Waals surface area contributed by atoms with Gasteiger partial charge in [0.2, 0.25) is 0 Å². The zero-order chi connectivity index (χ0) is 10.9. The maximum atomic E-state index is 12.8. The van der Waals surface area contributed by atoms with Gasteiger partial charge in [0.15, 0.2) is 0 Å². The van der Waals surface area contributed by atoms with Crippen molar-refractivity contribution in [2.75, 3.05) is 6.54 Å². The fourth-order valence-electron chi connectivity index (χ4n) is 2.04. The van der Waals surface area contributed by atoms with Gasteiger partial charge in [0.25, 0.3) is 0 Å². The topological polar surface area (TPSA) is 29.1 Å². The Morgan fingerprint density at radius 3 is 2.60 bits per heavy atom. The summed E-state index contributed by atoms with van der Waals surface area (Å²) < 4.78 is 12.8. The van der Waals surface area contributed by atoms with Crippen molar-refractivity contribution in [1.29, 1.82) is 0 Å². The smallest absolute Gasteiger partial charge is 0.136 e. The molecule has 0 bridgehead atoms. The van der Waals surface area contributed by atoms with Crippen molar-refractivity contribution in [3.63, 3.8) is 0 Å². The number of piperidine rings is 1. The molecule has 0 saturated carbocycles. The molecular formula is C12H14FNO. The Bertz CT molecular complexity index is 374. The van der Waals surface area contributed by atoms with Crippen molar-refractivity contribution in [2.24, 2.45) is 0 Å². The highest BCUT2D eigenvalue weighted by molar-refractivity contribution is 5.81. The van der Waals surface area contributed by atoms with Gasteiger partial charge < -0.3 is 5.32 Å². The van der Waals surface area contributed by atoms with E-state index in [1.807, 2.05) is 6.92 Å². The lowest BCUT2D eigenvalue weighted by atomic mass is 9.83. The minimum absolute atomic E-state index is 0.246. The molecule has 1 heterocycles. The van der Waals surface area contributed by atoms with Crippen molar-refractivity contribution in [2.45, 2.75) is 25.3 Å². The van der Waals surface area contributed by atoms with Crippen LogP contribution in [-0.2, 0) is 10.3 Å². The fourth-order valence-corrected chi connectivity index (χ4v) is 2.04. The third kappa shape index (κ3) is 2.07. The van der Waals surface area contributed by atoms with Crippen LogP contribution in [0.1, 0.15) is 25.3 Å². The molecule has 1 N–H and O–H groups in total. The fraction of sp³-hybridized carbons (Fsp3) is 0.417. The van der Waals surface area contributed by atoms with Gasteiger partial charge in [-0.05, 0) is 24.6 Å². The molecule has 80 valence electrons. The first kappa shape index (κ1) is 10.3. The van der Waals surface area contributed by atoms with Crippen LogP contribution in [0, 0.1) is 5.82 Å². The molecule has 2 rings (SSSR count). The lowest BCUT2D eigenvalue weighted by Gasteiger charge is -2.34. The van der Waals surface area contributed by atoms with E-state index in [9.17, 15) is 9.18 Å². The highest BCUT2D eigenvalue weighted by Gasteiger charge is 2.32. The molecule has 1 aromatic rings. The monoisotopic (exact) mass is 207 g/mol. The van der Waals surface area contributed by atoms with E-state index in [4.69, 9.17) is 0 Å². The zero-order valence-corrected chi connectivity index (χ0v) is 8.72. The van der Waals surface area contributed by atoms with Gasteiger partial charge >= 0.3 is 0 Å². The van der Waals surface area contributed by atoms with Crippen molar-refractivity contribution < 1.29 is 9.18 Å². The number of ketones is 1. The molecule has 1 aliphatic heterocycles. The third-order valence-corrected chi connectivity index (χ3v) is 2.95. The summed E-state index contributed by atoms with van der Waals surface area (Å²) in [5, 5.41) is 3.32. The number of carbonyl (C=O) groups is 1. The van der Waals surface area contributed by atoms with E-state index < -0.39 is 0 Å². The van der Waals surface area contributed by atoms with Crippen LogP contribution in [0.15, 0.2) is 24.3 Å². The van der Waals surface area contributed by atoms with E-state index in [-0.39, 0.29) is 17.1 Å². The number of Topliss-reactive ketones (excluding diaryl/α,β-unsaturated/α-hetero) is 1. The molecule has 1 aromatic carbocycles. The van der Waals surface area contributed by atoms with Gasteiger partial charge in [-0.1, -0.05) is 12.1 Å². The summed E-state index contributed by atoms with van der Waals surface area (Å²) >= 11 is 0. The summed E-state index contributed by atoms with van der Waals surface area (Å²) in [6.45, 7) is 2.68. The summed E-state index contributed by atoms with van der Waals surface area (Å²) in [6, 6.07) is 6.34. The molecule has 0 radical (unpaired) electrons. The summed E-state index contributed by atoms with van der Waals surface area (Å²) in [4.78, 5) is 11.4. The second-order valence-electron chi connectivity index (χ2n) is 4.23. The van der Waals surface area contributed by atoms with Crippen LogP contribution in [0.3, 0.4) is 0 Å². The normalized spacial score (nSPS) is 26.7. The van der Waals surface area contributed by atoms with Gasteiger partial charge in [0.1, 0.15) is 11.6 Å². The quantitative estimate of drug-likeness (QED) is 0.763. The molecule has 1 unspecified atom stereocenters. The van der Waals surface area contributed by atoms with Crippen molar-refractivity contribution in [3.8, 4) is 0 Å². The van der Waals surface area contributed by atoms with Crippen LogP contribution in [0.4, 0.5) is 4.39 Å². The molecule has 1 atom stereocenters. The van der Waals surface area contributed by atoms with Gasteiger partial charge in [-0.2, -0.15) is 0 Å². The van der Waals surface area contributed by atoms with Crippen LogP contribution < -0.4 is 5.32 Å². The molecule has 0 spiro atoms. The Labute approximate surface area is 88.5 Å². The summed E-state index contributed by atoms with van der Waals surface area (Å²) in [5.74, 6) is 0.0186. The molecule has 0 amide bonds. The molecule has 1 fully saturated rings. The maximum absolute atomic E-state index is 12.8. The molecule has 0 aliphatic carbocycles. The standard InChI is InChI=1S/C12H14FNO/c1-12(8-11(15)6-7-14-12)9-2-4-10(13)5-3-9/h2-5,14H,6-8H2,1H3. The predicted molar refractivity (Wildman–Crippen MR) is 56.0 cm³/mol. The lowest BCUT2D eigenvalue weighted by Crippen LogP contribution is -2.46. The average Bonchev–Trinajstić information content (AvgIpc) is 2.18. The molecule has 1 saturated heterocycles. The number of carbonyl (C=O) groups excluding carboxylic acids is 1. The first-order chi connectivity index (χ1) is 7.10. The number of hydrogen-bond acceptors (Lipinski definition) is 2. The molecule has 1 aliphatic rings. The van der Waals surface area contributed by atoms with E-state index in [1.54, 1.807) is 12.1 Å². The van der Waals surface area contributed by atoms with Crippen LogP contribution in [0.2, 0.25) is 0 Å². The number of nitrogens with one attached hydrogen (secondary N) is 1. The van der Waals surface area contributed by atoms with Crippen molar-refractivity contribution in [1.82, 2.24) is 5.32 Å². The number of benzene rings is 1. The number of rotatable bonds is 1. The van der Waals surface area contributed by atoms with Crippen LogP contribution >= 0.6 is 0 Å².